The average molecular weight is 268 g/mol. The van der Waals surface area contributed by atoms with Crippen LogP contribution in [-0.2, 0) is 6.54 Å². The van der Waals surface area contributed by atoms with Gasteiger partial charge in [-0.15, -0.1) is 0 Å². The maximum absolute atomic E-state index is 9.89. The maximum atomic E-state index is 9.89. The molecule has 2 rings (SSSR count). The molecule has 0 aliphatic heterocycles. The van der Waals surface area contributed by atoms with Gasteiger partial charge >= 0.3 is 0 Å². The molecule has 0 heterocycles. The van der Waals surface area contributed by atoms with Crippen LogP contribution in [0.25, 0.3) is 0 Å². The monoisotopic (exact) mass is 267 g/mol. The van der Waals surface area contributed by atoms with Crippen molar-refractivity contribution in [3.8, 4) is 0 Å². The lowest BCUT2D eigenvalue weighted by Crippen LogP contribution is -2.33. The summed E-state index contributed by atoms with van der Waals surface area (Å²) in [6, 6.07) is 6.15. The molecule has 1 saturated carbocycles. The normalized spacial score (nSPS) is 24.2. The molecule has 0 radical (unpaired) electrons. The minimum absolute atomic E-state index is 0.125. The van der Waals surface area contributed by atoms with Crippen molar-refractivity contribution in [3.63, 3.8) is 0 Å². The largest absolute Gasteiger partial charge is 0.393 e. The smallest absolute Gasteiger partial charge is 0.0580 e. The van der Waals surface area contributed by atoms with E-state index in [1.165, 1.54) is 18.4 Å². The van der Waals surface area contributed by atoms with Crippen molar-refractivity contribution in [3.05, 3.63) is 34.3 Å². The second-order valence-corrected chi connectivity index (χ2v) is 5.74. The summed E-state index contributed by atoms with van der Waals surface area (Å²) in [5.74, 6) is 0.406. The fourth-order valence-electron chi connectivity index (χ4n) is 2.61. The summed E-state index contributed by atoms with van der Waals surface area (Å²) in [7, 11) is 0. The molecule has 1 aromatic carbocycles. The number of hydrogen-bond acceptors (Lipinski definition) is 2. The first-order valence-electron chi connectivity index (χ1n) is 6.80. The topological polar surface area (TPSA) is 32.3 Å². The Hall–Kier alpha value is -0.570. The van der Waals surface area contributed by atoms with Crippen LogP contribution in [-0.4, -0.2) is 17.8 Å². The Balaban J connectivity index is 1.81. The first-order chi connectivity index (χ1) is 8.66. The average Bonchev–Trinajstić information content (AvgIpc) is 2.34. The van der Waals surface area contributed by atoms with E-state index in [1.807, 2.05) is 13.0 Å². The van der Waals surface area contributed by atoms with Crippen molar-refractivity contribution >= 4 is 11.6 Å². The van der Waals surface area contributed by atoms with Crippen molar-refractivity contribution in [1.82, 2.24) is 5.32 Å². The van der Waals surface area contributed by atoms with Gasteiger partial charge in [-0.05, 0) is 42.9 Å². The van der Waals surface area contributed by atoms with Gasteiger partial charge in [0.2, 0.25) is 0 Å². The summed E-state index contributed by atoms with van der Waals surface area (Å²) in [5.41, 5.74) is 2.32. The molecule has 1 aliphatic carbocycles. The van der Waals surface area contributed by atoms with E-state index >= 15 is 0 Å². The molecule has 1 fully saturated rings. The molecule has 3 heteroatoms. The SMILES string of the molecule is Cc1ccc(CNCC2CCCCC2O)c(Cl)c1. The maximum Gasteiger partial charge on any atom is 0.0580 e. The first kappa shape index (κ1) is 13.9. The molecular weight excluding hydrogens is 246 g/mol. The Kier molecular flexibility index (Phi) is 5.04. The molecule has 0 spiro atoms. The van der Waals surface area contributed by atoms with E-state index in [1.54, 1.807) is 0 Å². The number of hydrogen-bond donors (Lipinski definition) is 2. The van der Waals surface area contributed by atoms with Crippen molar-refractivity contribution in [2.75, 3.05) is 6.54 Å². The predicted octanol–water partition coefficient (Wildman–Crippen LogP) is 3.29. The number of halogens is 1. The van der Waals surface area contributed by atoms with Crippen molar-refractivity contribution in [2.24, 2.45) is 5.92 Å². The van der Waals surface area contributed by atoms with Gasteiger partial charge in [0.15, 0.2) is 0 Å². The minimum Gasteiger partial charge on any atom is -0.393 e. The van der Waals surface area contributed by atoms with Crippen molar-refractivity contribution < 1.29 is 5.11 Å². The van der Waals surface area contributed by atoms with Crippen molar-refractivity contribution in [1.29, 1.82) is 0 Å². The molecule has 2 atom stereocenters. The van der Waals surface area contributed by atoms with E-state index in [0.717, 1.165) is 36.5 Å². The Bertz CT molecular complexity index is 394. The Morgan fingerprint density at radius 1 is 1.33 bits per heavy atom. The van der Waals surface area contributed by atoms with E-state index < -0.39 is 0 Å². The van der Waals surface area contributed by atoms with Crippen LogP contribution in [0.15, 0.2) is 18.2 Å². The second-order valence-electron chi connectivity index (χ2n) is 5.34. The third kappa shape index (κ3) is 3.71. The first-order valence-corrected chi connectivity index (χ1v) is 7.18. The summed E-state index contributed by atoms with van der Waals surface area (Å²) < 4.78 is 0. The summed E-state index contributed by atoms with van der Waals surface area (Å²) >= 11 is 6.19. The Labute approximate surface area is 114 Å². The fraction of sp³-hybridized carbons (Fsp3) is 0.600. The van der Waals surface area contributed by atoms with Gasteiger partial charge in [-0.1, -0.05) is 36.6 Å². The lowest BCUT2D eigenvalue weighted by Gasteiger charge is -2.27. The van der Waals surface area contributed by atoms with Gasteiger partial charge in [-0.25, -0.2) is 0 Å². The third-order valence-corrected chi connectivity index (χ3v) is 4.15. The number of nitrogens with one attached hydrogen (secondary N) is 1. The molecule has 1 aliphatic rings. The van der Waals surface area contributed by atoms with Gasteiger partial charge in [-0.3, -0.25) is 0 Å². The summed E-state index contributed by atoms with van der Waals surface area (Å²) in [6.07, 6.45) is 4.38. The Morgan fingerprint density at radius 3 is 2.83 bits per heavy atom. The fourth-order valence-corrected chi connectivity index (χ4v) is 2.92. The highest BCUT2D eigenvalue weighted by atomic mass is 35.5. The molecule has 100 valence electrons. The molecule has 2 unspecified atom stereocenters. The molecule has 0 amide bonds. The van der Waals surface area contributed by atoms with Gasteiger partial charge in [0.05, 0.1) is 6.10 Å². The van der Waals surface area contributed by atoms with Crippen LogP contribution < -0.4 is 5.32 Å². The zero-order valence-electron chi connectivity index (χ0n) is 11.0. The quantitative estimate of drug-likeness (QED) is 0.877. The summed E-state index contributed by atoms with van der Waals surface area (Å²) in [5, 5.41) is 14.1. The van der Waals surface area contributed by atoms with E-state index in [0.29, 0.717) is 5.92 Å². The third-order valence-electron chi connectivity index (χ3n) is 3.80. The van der Waals surface area contributed by atoms with E-state index in [9.17, 15) is 5.11 Å². The van der Waals surface area contributed by atoms with E-state index in [-0.39, 0.29) is 6.10 Å². The molecule has 0 bridgehead atoms. The van der Waals surface area contributed by atoms with Gasteiger partial charge in [-0.2, -0.15) is 0 Å². The minimum atomic E-state index is -0.125. The second kappa shape index (κ2) is 6.55. The zero-order valence-corrected chi connectivity index (χ0v) is 11.7. The van der Waals surface area contributed by atoms with Crippen molar-refractivity contribution in [2.45, 2.75) is 45.3 Å². The van der Waals surface area contributed by atoms with Crippen LogP contribution in [0.3, 0.4) is 0 Å². The van der Waals surface area contributed by atoms with Crippen LogP contribution in [0.4, 0.5) is 0 Å². The highest BCUT2D eigenvalue weighted by Crippen LogP contribution is 2.24. The van der Waals surface area contributed by atoms with Crippen LogP contribution >= 0.6 is 11.6 Å². The molecular formula is C15H22ClNO. The summed E-state index contributed by atoms with van der Waals surface area (Å²) in [4.78, 5) is 0. The molecule has 0 saturated heterocycles. The van der Waals surface area contributed by atoms with E-state index in [2.05, 4.69) is 17.4 Å². The number of rotatable bonds is 4. The molecule has 1 aromatic rings. The molecule has 18 heavy (non-hydrogen) atoms. The van der Waals surface area contributed by atoms with Crippen LogP contribution in [0, 0.1) is 12.8 Å². The summed E-state index contributed by atoms with van der Waals surface area (Å²) in [6.45, 7) is 3.70. The van der Waals surface area contributed by atoms with Crippen LogP contribution in [0.5, 0.6) is 0 Å². The van der Waals surface area contributed by atoms with Gasteiger partial charge in [0, 0.05) is 18.1 Å². The van der Waals surface area contributed by atoms with E-state index in [4.69, 9.17) is 11.6 Å². The molecule has 2 nitrogen and oxygen atoms in total. The predicted molar refractivity (Wildman–Crippen MR) is 75.9 cm³/mol. The van der Waals surface area contributed by atoms with Crippen LogP contribution in [0.1, 0.15) is 36.8 Å². The number of benzene rings is 1. The number of aliphatic hydroxyl groups is 1. The standard InChI is InChI=1S/C15H22ClNO/c1-11-6-7-12(14(16)8-11)9-17-10-13-4-2-3-5-15(13)18/h6-8,13,15,17-18H,2-5,9-10H2,1H3. The Morgan fingerprint density at radius 2 is 2.11 bits per heavy atom. The van der Waals surface area contributed by atoms with Crippen LogP contribution in [0.2, 0.25) is 5.02 Å². The lowest BCUT2D eigenvalue weighted by molar-refractivity contribution is 0.0695. The molecule has 2 N–H and O–H groups in total. The lowest BCUT2D eigenvalue weighted by atomic mass is 9.86. The zero-order chi connectivity index (χ0) is 13.0. The molecule has 0 aromatic heterocycles. The highest BCUT2D eigenvalue weighted by Gasteiger charge is 2.22. The number of aliphatic hydroxyl groups excluding tert-OH is 1. The van der Waals surface area contributed by atoms with Gasteiger partial charge in [0.25, 0.3) is 0 Å². The van der Waals surface area contributed by atoms with Gasteiger partial charge < -0.3 is 10.4 Å². The number of aryl methyl sites for hydroxylation is 1. The highest BCUT2D eigenvalue weighted by molar-refractivity contribution is 6.31. The van der Waals surface area contributed by atoms with Gasteiger partial charge in [0.1, 0.15) is 0 Å².